The Morgan fingerprint density at radius 1 is 1.40 bits per heavy atom. The Balaban J connectivity index is 2.96. The Kier molecular flexibility index (Phi) is 3.01. The van der Waals surface area contributed by atoms with Gasteiger partial charge in [-0.1, -0.05) is 0 Å². The first kappa shape index (κ1) is 11.1. The molecule has 0 aromatic carbocycles. The third kappa shape index (κ3) is 2.75. The molecule has 78 valence electrons. The lowest BCUT2D eigenvalue weighted by atomic mass is 10.1. The largest absolute Gasteiger partial charge is 0.414 e. The van der Waals surface area contributed by atoms with E-state index in [4.69, 9.17) is 10.5 Å². The summed E-state index contributed by atoms with van der Waals surface area (Å²) < 4.78 is 37.1. The highest BCUT2D eigenvalue weighted by molar-refractivity contribution is 5.40. The van der Waals surface area contributed by atoms with Gasteiger partial charge in [-0.05, 0) is 6.08 Å². The van der Waals surface area contributed by atoms with Crippen LogP contribution in [0.2, 0.25) is 0 Å². The Bertz CT molecular complexity index is 392. The molecule has 1 rings (SSSR count). The third-order valence-electron chi connectivity index (χ3n) is 1.79. The van der Waals surface area contributed by atoms with Crippen LogP contribution in [0.1, 0.15) is 0 Å². The normalized spacial score (nSPS) is 16.2. The van der Waals surface area contributed by atoms with E-state index in [-0.39, 0.29) is 18.7 Å². The van der Waals surface area contributed by atoms with Crippen LogP contribution in [0.25, 0.3) is 0 Å². The van der Waals surface area contributed by atoms with Gasteiger partial charge in [0.05, 0.1) is 17.2 Å². The summed E-state index contributed by atoms with van der Waals surface area (Å²) in [5.74, 6) is 0. The molecule has 0 unspecified atom stereocenters. The Morgan fingerprint density at radius 3 is 2.53 bits per heavy atom. The summed E-state index contributed by atoms with van der Waals surface area (Å²) in [7, 11) is 0. The zero-order chi connectivity index (χ0) is 11.5. The van der Waals surface area contributed by atoms with Crippen molar-refractivity contribution in [3.8, 4) is 12.1 Å². The Morgan fingerprint density at radius 2 is 2.07 bits per heavy atom. The molecule has 0 aromatic heterocycles. The molecule has 0 atom stereocenters. The standard InChI is InChI=1S/C9H6F3N3/c10-9(11,12)8-3-7(4-14)5-15(6-8)2-1-13/h3,5H,2,6H2. The van der Waals surface area contributed by atoms with Gasteiger partial charge in [-0.2, -0.15) is 23.7 Å². The number of rotatable bonds is 1. The van der Waals surface area contributed by atoms with Crippen molar-refractivity contribution < 1.29 is 13.2 Å². The van der Waals surface area contributed by atoms with E-state index in [1.807, 2.05) is 0 Å². The molecule has 0 bridgehead atoms. The minimum atomic E-state index is -4.45. The van der Waals surface area contributed by atoms with Gasteiger partial charge in [-0.15, -0.1) is 0 Å². The van der Waals surface area contributed by atoms with Crippen molar-refractivity contribution in [2.45, 2.75) is 6.18 Å². The molecular weight excluding hydrogens is 207 g/mol. The lowest BCUT2D eigenvalue weighted by Gasteiger charge is -2.24. The Hall–Kier alpha value is -1.95. The van der Waals surface area contributed by atoms with E-state index in [9.17, 15) is 13.2 Å². The van der Waals surface area contributed by atoms with Gasteiger partial charge in [0.15, 0.2) is 0 Å². The van der Waals surface area contributed by atoms with E-state index in [0.717, 1.165) is 11.0 Å². The number of hydrogen-bond acceptors (Lipinski definition) is 3. The molecule has 0 fully saturated rings. The molecule has 0 N–H and O–H groups in total. The zero-order valence-electron chi connectivity index (χ0n) is 7.54. The molecule has 1 aliphatic heterocycles. The molecule has 0 aromatic rings. The first-order chi connectivity index (χ1) is 6.97. The minimum absolute atomic E-state index is 0.0937. The molecule has 0 radical (unpaired) electrons. The van der Waals surface area contributed by atoms with Crippen LogP contribution in [0.3, 0.4) is 0 Å². The van der Waals surface area contributed by atoms with Crippen molar-refractivity contribution in [1.82, 2.24) is 4.90 Å². The summed E-state index contributed by atoms with van der Waals surface area (Å²) in [6, 6.07) is 3.36. The van der Waals surface area contributed by atoms with Crippen molar-refractivity contribution >= 4 is 0 Å². The van der Waals surface area contributed by atoms with Gasteiger partial charge in [0.2, 0.25) is 0 Å². The summed E-state index contributed by atoms with van der Waals surface area (Å²) in [5, 5.41) is 16.9. The predicted octanol–water partition coefficient (Wildman–Crippen LogP) is 1.72. The summed E-state index contributed by atoms with van der Waals surface area (Å²) >= 11 is 0. The molecular formula is C9H6F3N3. The Labute approximate surface area is 84.3 Å². The average Bonchev–Trinajstić information content (AvgIpc) is 2.16. The molecule has 0 saturated carbocycles. The van der Waals surface area contributed by atoms with Crippen molar-refractivity contribution in [1.29, 1.82) is 10.5 Å². The van der Waals surface area contributed by atoms with Gasteiger partial charge in [-0.25, -0.2) is 0 Å². The molecule has 0 saturated heterocycles. The minimum Gasteiger partial charge on any atom is -0.359 e. The van der Waals surface area contributed by atoms with Crippen LogP contribution < -0.4 is 0 Å². The van der Waals surface area contributed by atoms with Crippen molar-refractivity contribution in [3.63, 3.8) is 0 Å². The van der Waals surface area contributed by atoms with E-state index in [1.54, 1.807) is 12.1 Å². The van der Waals surface area contributed by atoms with Crippen molar-refractivity contribution in [3.05, 3.63) is 23.4 Å². The number of alkyl halides is 3. The maximum Gasteiger partial charge on any atom is 0.414 e. The number of allylic oxidation sites excluding steroid dienone is 2. The fourth-order valence-corrected chi connectivity index (χ4v) is 1.16. The summed E-state index contributed by atoms with van der Waals surface area (Å²) in [5.41, 5.74) is -0.902. The smallest absolute Gasteiger partial charge is 0.359 e. The highest BCUT2D eigenvalue weighted by Crippen LogP contribution is 2.29. The number of hydrogen-bond donors (Lipinski definition) is 0. The van der Waals surface area contributed by atoms with Crippen LogP contribution in [0.5, 0.6) is 0 Å². The summed E-state index contributed by atoms with van der Waals surface area (Å²) in [6.45, 7) is -0.555. The summed E-state index contributed by atoms with van der Waals surface area (Å²) in [6.07, 6.45) is -2.41. The lowest BCUT2D eigenvalue weighted by Crippen LogP contribution is -2.29. The molecule has 1 aliphatic rings. The van der Waals surface area contributed by atoms with Gasteiger partial charge < -0.3 is 4.90 Å². The van der Waals surface area contributed by atoms with E-state index >= 15 is 0 Å². The molecule has 0 spiro atoms. The van der Waals surface area contributed by atoms with Crippen LogP contribution in [0.4, 0.5) is 13.2 Å². The topological polar surface area (TPSA) is 50.8 Å². The SMILES string of the molecule is N#CCN1C=C(C#N)C=C(C(F)(F)F)C1. The second kappa shape index (κ2) is 4.05. The predicted molar refractivity (Wildman–Crippen MR) is 45.0 cm³/mol. The van der Waals surface area contributed by atoms with Crippen LogP contribution >= 0.6 is 0 Å². The quantitative estimate of drug-likeness (QED) is 0.623. The molecule has 6 heteroatoms. The molecule has 0 aliphatic carbocycles. The van der Waals surface area contributed by atoms with Crippen molar-refractivity contribution in [2.75, 3.05) is 13.1 Å². The molecule has 15 heavy (non-hydrogen) atoms. The molecule has 0 amide bonds. The number of nitriles is 2. The lowest BCUT2D eigenvalue weighted by molar-refractivity contribution is -0.0951. The van der Waals surface area contributed by atoms with Crippen molar-refractivity contribution in [2.24, 2.45) is 0 Å². The van der Waals surface area contributed by atoms with Gasteiger partial charge in [0.25, 0.3) is 0 Å². The number of nitrogens with zero attached hydrogens (tertiary/aromatic N) is 3. The van der Waals surface area contributed by atoms with Gasteiger partial charge in [0.1, 0.15) is 12.6 Å². The molecule has 3 nitrogen and oxygen atoms in total. The zero-order valence-corrected chi connectivity index (χ0v) is 7.54. The highest BCUT2D eigenvalue weighted by atomic mass is 19.4. The van der Waals surface area contributed by atoms with E-state index in [1.165, 1.54) is 6.20 Å². The highest BCUT2D eigenvalue weighted by Gasteiger charge is 2.35. The van der Waals surface area contributed by atoms with Crippen LogP contribution in [-0.2, 0) is 0 Å². The maximum absolute atomic E-state index is 12.4. The third-order valence-corrected chi connectivity index (χ3v) is 1.79. The first-order valence-electron chi connectivity index (χ1n) is 3.98. The monoisotopic (exact) mass is 213 g/mol. The average molecular weight is 213 g/mol. The fourth-order valence-electron chi connectivity index (χ4n) is 1.16. The van der Waals surface area contributed by atoms with Gasteiger partial charge in [0, 0.05) is 12.7 Å². The summed E-state index contributed by atoms with van der Waals surface area (Å²) in [4.78, 5) is 1.15. The van der Waals surface area contributed by atoms with Crippen LogP contribution in [-0.4, -0.2) is 24.2 Å². The van der Waals surface area contributed by atoms with E-state index < -0.39 is 11.7 Å². The fraction of sp³-hybridized carbons (Fsp3) is 0.333. The van der Waals surface area contributed by atoms with E-state index in [2.05, 4.69) is 0 Å². The van der Waals surface area contributed by atoms with Gasteiger partial charge >= 0.3 is 6.18 Å². The van der Waals surface area contributed by atoms with E-state index in [0.29, 0.717) is 0 Å². The molecule has 1 heterocycles. The number of halogens is 3. The second-order valence-corrected chi connectivity index (χ2v) is 2.93. The van der Waals surface area contributed by atoms with Crippen LogP contribution in [0, 0.1) is 22.7 Å². The van der Waals surface area contributed by atoms with Gasteiger partial charge in [-0.3, -0.25) is 0 Å². The van der Waals surface area contributed by atoms with Crippen LogP contribution in [0.15, 0.2) is 23.4 Å². The maximum atomic E-state index is 12.4. The second-order valence-electron chi connectivity index (χ2n) is 2.93. The first-order valence-corrected chi connectivity index (χ1v) is 3.98.